The number of aliphatic hydroxyl groups excluding tert-OH is 1. The van der Waals surface area contributed by atoms with E-state index in [1.165, 1.54) is 0 Å². The molecule has 1 N–H and O–H groups in total. The Bertz CT molecular complexity index is 526. The molecule has 2 saturated heterocycles. The smallest absolute Gasteiger partial charge is 0.253 e. The number of benzene rings is 1. The summed E-state index contributed by atoms with van der Waals surface area (Å²) in [4.78, 5) is 28.2. The van der Waals surface area contributed by atoms with Gasteiger partial charge in [0.1, 0.15) is 0 Å². The molecular weight excluding hydrogens is 268 g/mol. The number of carbonyl (C=O) groups is 2. The summed E-state index contributed by atoms with van der Waals surface area (Å²) < 4.78 is 0. The third-order valence-electron chi connectivity index (χ3n) is 4.25. The average molecular weight is 288 g/mol. The molecule has 0 spiro atoms. The predicted molar refractivity (Wildman–Crippen MR) is 77.7 cm³/mol. The molecule has 21 heavy (non-hydrogen) atoms. The van der Waals surface area contributed by atoms with E-state index in [9.17, 15) is 14.7 Å². The minimum atomic E-state index is -0.375. The average Bonchev–Trinajstić information content (AvgIpc) is 2.51. The van der Waals surface area contributed by atoms with Crippen LogP contribution in [0, 0.1) is 5.92 Å². The molecule has 5 heteroatoms. The van der Waals surface area contributed by atoms with Crippen LogP contribution in [0.4, 0.5) is 0 Å². The van der Waals surface area contributed by atoms with Crippen LogP contribution in [0.2, 0.25) is 0 Å². The normalized spacial score (nSPS) is 22.8. The van der Waals surface area contributed by atoms with Gasteiger partial charge < -0.3 is 14.9 Å². The van der Waals surface area contributed by atoms with Gasteiger partial charge in [-0.15, -0.1) is 0 Å². The van der Waals surface area contributed by atoms with Gasteiger partial charge in [-0.25, -0.2) is 0 Å². The van der Waals surface area contributed by atoms with Gasteiger partial charge in [-0.05, 0) is 25.0 Å². The Morgan fingerprint density at radius 1 is 1.05 bits per heavy atom. The van der Waals surface area contributed by atoms with Crippen LogP contribution in [0.25, 0.3) is 0 Å². The predicted octanol–water partition coefficient (Wildman–Crippen LogP) is 0.742. The summed E-state index contributed by atoms with van der Waals surface area (Å²) in [6.07, 6.45) is 1.30. The molecule has 1 aromatic carbocycles. The van der Waals surface area contributed by atoms with E-state index in [0.29, 0.717) is 31.7 Å². The summed E-state index contributed by atoms with van der Waals surface area (Å²) in [5.41, 5.74) is 0.671. The molecule has 3 rings (SSSR count). The molecular formula is C16H20N2O3. The second-order valence-electron chi connectivity index (χ2n) is 5.85. The summed E-state index contributed by atoms with van der Waals surface area (Å²) in [7, 11) is 0. The fourth-order valence-electron chi connectivity index (χ4n) is 3.02. The van der Waals surface area contributed by atoms with Crippen LogP contribution in [0.5, 0.6) is 0 Å². The number of aliphatic hydroxyl groups is 1. The number of likely N-dealkylation sites (tertiary alicyclic amines) is 2. The van der Waals surface area contributed by atoms with E-state index < -0.39 is 0 Å². The zero-order chi connectivity index (χ0) is 14.8. The van der Waals surface area contributed by atoms with E-state index in [-0.39, 0.29) is 23.8 Å². The van der Waals surface area contributed by atoms with Crippen molar-refractivity contribution in [3.8, 4) is 0 Å². The monoisotopic (exact) mass is 288 g/mol. The van der Waals surface area contributed by atoms with Crippen LogP contribution in [-0.2, 0) is 4.79 Å². The van der Waals surface area contributed by atoms with Gasteiger partial charge in [-0.3, -0.25) is 9.59 Å². The first kappa shape index (κ1) is 14.1. The van der Waals surface area contributed by atoms with E-state index in [1.807, 2.05) is 18.2 Å². The molecule has 2 heterocycles. The summed E-state index contributed by atoms with van der Waals surface area (Å²) in [5.74, 6) is -0.0541. The lowest BCUT2D eigenvalue weighted by Gasteiger charge is -2.40. The van der Waals surface area contributed by atoms with Gasteiger partial charge in [0.25, 0.3) is 5.91 Å². The Kier molecular flexibility index (Phi) is 3.92. The Labute approximate surface area is 124 Å². The zero-order valence-electron chi connectivity index (χ0n) is 11.9. The van der Waals surface area contributed by atoms with Crippen LogP contribution in [0.3, 0.4) is 0 Å². The van der Waals surface area contributed by atoms with Crippen LogP contribution in [0.15, 0.2) is 30.3 Å². The van der Waals surface area contributed by atoms with E-state index >= 15 is 0 Å². The molecule has 0 aliphatic carbocycles. The molecule has 1 atom stereocenters. The van der Waals surface area contributed by atoms with E-state index in [2.05, 4.69) is 0 Å². The van der Waals surface area contributed by atoms with Crippen LogP contribution < -0.4 is 0 Å². The summed E-state index contributed by atoms with van der Waals surface area (Å²) in [6, 6.07) is 9.19. The third kappa shape index (κ3) is 2.93. The highest BCUT2D eigenvalue weighted by molar-refractivity contribution is 5.94. The molecule has 2 aliphatic rings. The number of piperidine rings is 1. The van der Waals surface area contributed by atoms with Gasteiger partial charge in [0.2, 0.25) is 5.91 Å². The van der Waals surface area contributed by atoms with Gasteiger partial charge in [-0.2, -0.15) is 0 Å². The van der Waals surface area contributed by atoms with Crippen LogP contribution in [-0.4, -0.2) is 59.0 Å². The van der Waals surface area contributed by atoms with Crippen molar-refractivity contribution < 1.29 is 14.7 Å². The van der Waals surface area contributed by atoms with Crippen molar-refractivity contribution in [2.45, 2.75) is 18.9 Å². The molecule has 5 nitrogen and oxygen atoms in total. The van der Waals surface area contributed by atoms with Crippen molar-refractivity contribution in [2.24, 2.45) is 5.92 Å². The minimum Gasteiger partial charge on any atom is -0.389 e. The quantitative estimate of drug-likeness (QED) is 0.873. The van der Waals surface area contributed by atoms with Gasteiger partial charge in [-0.1, -0.05) is 18.2 Å². The van der Waals surface area contributed by atoms with E-state index in [4.69, 9.17) is 0 Å². The van der Waals surface area contributed by atoms with Gasteiger partial charge >= 0.3 is 0 Å². The van der Waals surface area contributed by atoms with Crippen molar-refractivity contribution in [1.29, 1.82) is 0 Å². The maximum atomic E-state index is 12.4. The summed E-state index contributed by atoms with van der Waals surface area (Å²) >= 11 is 0. The lowest BCUT2D eigenvalue weighted by atomic mass is 9.94. The highest BCUT2D eigenvalue weighted by atomic mass is 16.3. The molecule has 0 bridgehead atoms. The number of nitrogens with zero attached hydrogens (tertiary/aromatic N) is 2. The first-order valence-corrected chi connectivity index (χ1v) is 7.46. The lowest BCUT2D eigenvalue weighted by Crippen LogP contribution is -2.57. The van der Waals surface area contributed by atoms with Gasteiger partial charge in [0.05, 0.1) is 12.0 Å². The van der Waals surface area contributed by atoms with Crippen molar-refractivity contribution in [3.63, 3.8) is 0 Å². The van der Waals surface area contributed by atoms with Crippen molar-refractivity contribution in [1.82, 2.24) is 9.80 Å². The number of amides is 2. The van der Waals surface area contributed by atoms with Crippen molar-refractivity contribution >= 4 is 11.8 Å². The fraction of sp³-hybridized carbons (Fsp3) is 0.500. The molecule has 1 unspecified atom stereocenters. The van der Waals surface area contributed by atoms with Gasteiger partial charge in [0, 0.05) is 31.7 Å². The highest BCUT2D eigenvalue weighted by Crippen LogP contribution is 2.22. The van der Waals surface area contributed by atoms with Crippen LogP contribution >= 0.6 is 0 Å². The molecule has 0 saturated carbocycles. The number of hydrogen-bond donors (Lipinski definition) is 1. The SMILES string of the molecule is O=C(c1ccccc1)N1CCCC(C(=O)N2CC(O)C2)C1. The van der Waals surface area contributed by atoms with Crippen LogP contribution in [0.1, 0.15) is 23.2 Å². The largest absolute Gasteiger partial charge is 0.389 e. The molecule has 0 radical (unpaired) electrons. The maximum Gasteiger partial charge on any atom is 0.253 e. The Hall–Kier alpha value is -1.88. The minimum absolute atomic E-state index is 0.00301. The Balaban J connectivity index is 1.63. The first-order valence-electron chi connectivity index (χ1n) is 7.46. The molecule has 2 fully saturated rings. The first-order chi connectivity index (χ1) is 10.1. The topological polar surface area (TPSA) is 60.9 Å². The highest BCUT2D eigenvalue weighted by Gasteiger charge is 2.36. The van der Waals surface area contributed by atoms with Gasteiger partial charge in [0.15, 0.2) is 0 Å². The number of rotatable bonds is 2. The van der Waals surface area contributed by atoms with Crippen molar-refractivity contribution in [2.75, 3.05) is 26.2 Å². The standard InChI is InChI=1S/C16H20N2O3/c19-14-10-18(11-14)16(21)13-7-4-8-17(9-13)15(20)12-5-2-1-3-6-12/h1-3,5-6,13-14,19H,4,7-11H2. The maximum absolute atomic E-state index is 12.4. The molecule has 0 aromatic heterocycles. The summed E-state index contributed by atoms with van der Waals surface area (Å²) in [5, 5.41) is 9.30. The molecule has 2 aliphatic heterocycles. The number of β-amino-alcohol motifs (C(OH)–C–C–N with tert-alkyl or cyclic N) is 1. The second kappa shape index (κ2) is 5.85. The lowest BCUT2D eigenvalue weighted by molar-refractivity contribution is -0.147. The second-order valence-corrected chi connectivity index (χ2v) is 5.85. The Morgan fingerprint density at radius 3 is 2.43 bits per heavy atom. The Morgan fingerprint density at radius 2 is 1.76 bits per heavy atom. The number of hydrogen-bond acceptors (Lipinski definition) is 3. The van der Waals surface area contributed by atoms with E-state index in [0.717, 1.165) is 12.8 Å². The molecule has 2 amide bonds. The van der Waals surface area contributed by atoms with E-state index in [1.54, 1.807) is 21.9 Å². The summed E-state index contributed by atoms with van der Waals surface area (Å²) in [6.45, 7) is 2.06. The van der Waals surface area contributed by atoms with Crippen molar-refractivity contribution in [3.05, 3.63) is 35.9 Å². The fourth-order valence-corrected chi connectivity index (χ4v) is 3.02. The zero-order valence-corrected chi connectivity index (χ0v) is 11.9. The molecule has 112 valence electrons. The molecule has 1 aromatic rings. The number of carbonyl (C=O) groups excluding carboxylic acids is 2. The third-order valence-corrected chi connectivity index (χ3v) is 4.25.